The molecule has 4 heterocycles. The Labute approximate surface area is 221 Å². The Hall–Kier alpha value is -3.96. The molecule has 2 N–H and O–H groups in total. The largest absolute Gasteiger partial charge is 0.494 e. The predicted molar refractivity (Wildman–Crippen MR) is 147 cm³/mol. The number of ether oxygens (including phenoxy) is 1. The third-order valence-electron chi connectivity index (χ3n) is 6.10. The molecular formula is C26H26N6O3S2. The van der Waals surface area contributed by atoms with Crippen molar-refractivity contribution in [2.45, 2.75) is 18.6 Å². The zero-order valence-corrected chi connectivity index (χ0v) is 21.9. The first kappa shape index (κ1) is 24.7. The summed E-state index contributed by atoms with van der Waals surface area (Å²) in [5.74, 6) is 0.386. The molecule has 0 bridgehead atoms. The molecule has 190 valence electrons. The zero-order valence-electron chi connectivity index (χ0n) is 20.3. The molecule has 2 atom stereocenters. The first-order valence-corrected chi connectivity index (χ1v) is 13.8. The minimum absolute atomic E-state index is 0.226. The highest BCUT2D eigenvalue weighted by Gasteiger charge is 2.42. The van der Waals surface area contributed by atoms with Crippen molar-refractivity contribution in [2.24, 2.45) is 0 Å². The van der Waals surface area contributed by atoms with Crippen molar-refractivity contribution in [1.82, 2.24) is 19.9 Å². The van der Waals surface area contributed by atoms with Crippen molar-refractivity contribution in [1.29, 1.82) is 0 Å². The van der Waals surface area contributed by atoms with E-state index in [0.29, 0.717) is 23.1 Å². The topological polar surface area (TPSA) is 101 Å². The molecule has 1 aliphatic rings. The molecule has 0 unspecified atom stereocenters. The van der Waals surface area contributed by atoms with Crippen LogP contribution in [0.1, 0.15) is 29.0 Å². The number of thiocarbonyl (C=S) groups is 1. The van der Waals surface area contributed by atoms with Crippen LogP contribution in [0, 0.1) is 0 Å². The second-order valence-corrected chi connectivity index (χ2v) is 10.8. The van der Waals surface area contributed by atoms with Crippen LogP contribution in [0.2, 0.25) is 0 Å². The molecule has 5 rings (SSSR count). The Morgan fingerprint density at radius 3 is 2.68 bits per heavy atom. The first-order chi connectivity index (χ1) is 17.8. The fourth-order valence-corrected chi connectivity index (χ4v) is 5.49. The van der Waals surface area contributed by atoms with Crippen molar-refractivity contribution in [3.8, 4) is 5.75 Å². The lowest BCUT2D eigenvalue weighted by atomic mass is 10.0. The van der Waals surface area contributed by atoms with Crippen LogP contribution in [0.3, 0.4) is 0 Å². The number of benzene rings is 1. The van der Waals surface area contributed by atoms with Gasteiger partial charge in [0.2, 0.25) is 10.0 Å². The first-order valence-electron chi connectivity index (χ1n) is 11.5. The van der Waals surface area contributed by atoms with Crippen molar-refractivity contribution in [3.05, 3.63) is 102 Å². The molecule has 3 aromatic heterocycles. The molecule has 0 saturated carbocycles. The van der Waals surface area contributed by atoms with Crippen LogP contribution in [-0.4, -0.2) is 41.4 Å². The molecule has 9 nitrogen and oxygen atoms in total. The molecule has 4 aromatic rings. The number of pyridine rings is 2. The van der Waals surface area contributed by atoms with Gasteiger partial charge in [-0.2, -0.15) is 0 Å². The van der Waals surface area contributed by atoms with E-state index < -0.39 is 10.0 Å². The Kier molecular flexibility index (Phi) is 6.81. The van der Waals surface area contributed by atoms with Gasteiger partial charge in [0, 0.05) is 48.8 Å². The number of sulfonamides is 1. The minimum atomic E-state index is -3.48. The minimum Gasteiger partial charge on any atom is -0.494 e. The molecule has 0 radical (unpaired) electrons. The summed E-state index contributed by atoms with van der Waals surface area (Å²) in [5.41, 5.74) is 4.07. The number of aromatic nitrogens is 3. The molecule has 1 aliphatic heterocycles. The number of hydrogen-bond donors (Lipinski definition) is 2. The maximum absolute atomic E-state index is 11.8. The van der Waals surface area contributed by atoms with E-state index in [2.05, 4.69) is 30.6 Å². The lowest BCUT2D eigenvalue weighted by molar-refractivity contribution is 0.417. The van der Waals surface area contributed by atoms with Gasteiger partial charge in [-0.25, -0.2) is 8.42 Å². The maximum atomic E-state index is 11.8. The fraction of sp³-hybridized carbons (Fsp3) is 0.192. The Morgan fingerprint density at radius 2 is 1.97 bits per heavy atom. The molecule has 11 heteroatoms. The average molecular weight is 535 g/mol. The second kappa shape index (κ2) is 10.2. The zero-order chi connectivity index (χ0) is 26.0. The lowest BCUT2D eigenvalue weighted by Gasteiger charge is -2.29. The van der Waals surface area contributed by atoms with Crippen LogP contribution < -0.4 is 19.7 Å². The highest BCUT2D eigenvalue weighted by Crippen LogP contribution is 2.43. The standard InChI is InChI=1S/C26H26N6O3S2/c1-35-23-15-19(10-11-20(23)30-37(2,33)34)32-25(24(29-26(32)36)21-8-3-4-13-28-21)22-9-6-14-31(22)17-18-7-5-12-27-16-18/h3-16,24-25,30H,17H2,1-2H3,(H,29,36)/t24-,25+/m1/s1. The molecule has 0 aliphatic carbocycles. The summed E-state index contributed by atoms with van der Waals surface area (Å²) in [6, 6.07) is 18.7. The number of nitrogens with one attached hydrogen (secondary N) is 2. The summed E-state index contributed by atoms with van der Waals surface area (Å²) in [4.78, 5) is 10.9. The van der Waals surface area contributed by atoms with Crippen LogP contribution in [0.25, 0.3) is 0 Å². The highest BCUT2D eigenvalue weighted by atomic mass is 32.2. The van der Waals surface area contributed by atoms with E-state index in [-0.39, 0.29) is 12.1 Å². The summed E-state index contributed by atoms with van der Waals surface area (Å²) in [6.07, 6.45) is 8.52. The summed E-state index contributed by atoms with van der Waals surface area (Å²) in [6.45, 7) is 0.642. The van der Waals surface area contributed by atoms with Gasteiger partial charge in [-0.15, -0.1) is 0 Å². The SMILES string of the molecule is COc1cc(N2C(=S)N[C@H](c3ccccn3)[C@@H]2c2cccn2Cc2cccnc2)ccc1NS(C)(=O)=O. The van der Waals surface area contributed by atoms with E-state index in [9.17, 15) is 8.42 Å². The number of methoxy groups -OCH3 is 1. The third-order valence-corrected chi connectivity index (χ3v) is 7.01. The molecule has 1 fully saturated rings. The number of anilines is 2. The van der Waals surface area contributed by atoms with Crippen molar-refractivity contribution >= 4 is 38.7 Å². The van der Waals surface area contributed by atoms with Crippen molar-refractivity contribution in [3.63, 3.8) is 0 Å². The summed E-state index contributed by atoms with van der Waals surface area (Å²) in [7, 11) is -1.98. The molecule has 1 aromatic carbocycles. The molecular weight excluding hydrogens is 508 g/mol. The van der Waals surface area contributed by atoms with Gasteiger partial charge in [-0.3, -0.25) is 14.7 Å². The van der Waals surface area contributed by atoms with E-state index >= 15 is 0 Å². The van der Waals surface area contributed by atoms with E-state index in [1.807, 2.05) is 59.8 Å². The maximum Gasteiger partial charge on any atom is 0.229 e. The summed E-state index contributed by atoms with van der Waals surface area (Å²) in [5, 5.41) is 3.98. The number of nitrogens with zero attached hydrogens (tertiary/aromatic N) is 4. The van der Waals surface area contributed by atoms with Crippen LogP contribution in [-0.2, 0) is 16.6 Å². The van der Waals surface area contributed by atoms with Crippen molar-refractivity contribution in [2.75, 3.05) is 23.0 Å². The fourth-order valence-electron chi connectivity index (χ4n) is 4.58. The lowest BCUT2D eigenvalue weighted by Crippen LogP contribution is -2.30. The average Bonchev–Trinajstić information content (AvgIpc) is 3.48. The summed E-state index contributed by atoms with van der Waals surface area (Å²) >= 11 is 5.84. The van der Waals surface area contributed by atoms with Crippen LogP contribution >= 0.6 is 12.2 Å². The summed E-state index contributed by atoms with van der Waals surface area (Å²) < 4.78 is 33.9. The van der Waals surface area contributed by atoms with Gasteiger partial charge in [-0.1, -0.05) is 12.1 Å². The van der Waals surface area contributed by atoms with Crippen LogP contribution in [0.15, 0.2) is 85.5 Å². The molecule has 0 amide bonds. The number of rotatable bonds is 8. The second-order valence-electron chi connectivity index (χ2n) is 8.68. The predicted octanol–water partition coefficient (Wildman–Crippen LogP) is 3.88. The van der Waals surface area contributed by atoms with Crippen LogP contribution in [0.5, 0.6) is 5.75 Å². The Morgan fingerprint density at radius 1 is 1.11 bits per heavy atom. The Balaban J connectivity index is 1.60. The van der Waals surface area contributed by atoms with Gasteiger partial charge in [0.25, 0.3) is 0 Å². The Bertz CT molecular complexity index is 1510. The van der Waals surface area contributed by atoms with Crippen molar-refractivity contribution < 1.29 is 13.2 Å². The monoisotopic (exact) mass is 534 g/mol. The van der Waals surface area contributed by atoms with Gasteiger partial charge < -0.3 is 19.5 Å². The normalized spacial score (nSPS) is 17.5. The quantitative estimate of drug-likeness (QED) is 0.329. The number of hydrogen-bond acceptors (Lipinski definition) is 6. The van der Waals surface area contributed by atoms with Crippen LogP contribution in [0.4, 0.5) is 11.4 Å². The van der Waals surface area contributed by atoms with E-state index in [1.165, 1.54) is 7.11 Å². The van der Waals surface area contributed by atoms with E-state index in [1.54, 1.807) is 24.5 Å². The van der Waals surface area contributed by atoms with Gasteiger partial charge in [0.05, 0.1) is 30.8 Å². The van der Waals surface area contributed by atoms with Gasteiger partial charge in [-0.05, 0) is 60.2 Å². The van der Waals surface area contributed by atoms with E-state index in [4.69, 9.17) is 17.0 Å². The van der Waals surface area contributed by atoms with E-state index in [0.717, 1.165) is 28.9 Å². The smallest absolute Gasteiger partial charge is 0.229 e. The molecule has 0 spiro atoms. The highest BCUT2D eigenvalue weighted by molar-refractivity contribution is 7.92. The molecule has 37 heavy (non-hydrogen) atoms. The van der Waals surface area contributed by atoms with Gasteiger partial charge in [0.1, 0.15) is 11.8 Å². The van der Waals surface area contributed by atoms with Gasteiger partial charge in [0.15, 0.2) is 5.11 Å². The van der Waals surface area contributed by atoms with Gasteiger partial charge >= 0.3 is 0 Å². The molecule has 1 saturated heterocycles. The third kappa shape index (κ3) is 5.27.